The number of benzene rings is 2. The first-order chi connectivity index (χ1) is 14.0. The molecule has 3 rings (SSSR count). The average Bonchev–Trinajstić information content (AvgIpc) is 3.21. The number of carbonyl (C=O) groups is 1. The third-order valence-corrected chi connectivity index (χ3v) is 5.33. The number of hydrogen-bond acceptors (Lipinski definition) is 6. The summed E-state index contributed by atoms with van der Waals surface area (Å²) < 4.78 is 5.08. The number of nitrogens with zero attached hydrogens (tertiary/aromatic N) is 2. The molecule has 29 heavy (non-hydrogen) atoms. The Morgan fingerprint density at radius 3 is 2.76 bits per heavy atom. The van der Waals surface area contributed by atoms with Gasteiger partial charge >= 0.3 is 5.97 Å². The molecule has 0 aliphatic carbocycles. The van der Waals surface area contributed by atoms with Crippen molar-refractivity contribution in [1.82, 2.24) is 4.98 Å². The van der Waals surface area contributed by atoms with Gasteiger partial charge in [-0.2, -0.15) is 5.26 Å². The van der Waals surface area contributed by atoms with Gasteiger partial charge < -0.3 is 10.1 Å². The van der Waals surface area contributed by atoms with Crippen molar-refractivity contribution in [2.24, 2.45) is 0 Å². The van der Waals surface area contributed by atoms with E-state index in [9.17, 15) is 10.1 Å². The largest absolute Gasteiger partial charge is 0.462 e. The first kappa shape index (κ1) is 20.3. The van der Waals surface area contributed by atoms with E-state index in [1.807, 2.05) is 17.5 Å². The highest BCUT2D eigenvalue weighted by atomic mass is 32.1. The number of ether oxygens (including phenoxy) is 1. The number of allylic oxidation sites excluding steroid dienone is 1. The summed E-state index contributed by atoms with van der Waals surface area (Å²) in [5, 5.41) is 15.2. The van der Waals surface area contributed by atoms with Crippen LogP contribution in [-0.4, -0.2) is 17.6 Å². The number of anilines is 1. The third-order valence-electron chi connectivity index (χ3n) is 4.45. The molecule has 0 saturated carbocycles. The molecule has 0 aliphatic heterocycles. The molecule has 5 nitrogen and oxygen atoms in total. The predicted octanol–water partition coefficient (Wildman–Crippen LogP) is 5.58. The maximum atomic E-state index is 12.1. The minimum Gasteiger partial charge on any atom is -0.462 e. The summed E-state index contributed by atoms with van der Waals surface area (Å²) in [6.45, 7) is 6.20. The summed E-state index contributed by atoms with van der Waals surface area (Å²) in [6, 6.07) is 15.4. The van der Waals surface area contributed by atoms with Gasteiger partial charge in [-0.25, -0.2) is 9.78 Å². The van der Waals surface area contributed by atoms with Crippen LogP contribution in [0.15, 0.2) is 54.0 Å². The maximum Gasteiger partial charge on any atom is 0.340 e. The molecule has 0 unspecified atom stereocenters. The molecule has 2 aromatic carbocycles. The zero-order chi connectivity index (χ0) is 20.8. The molecule has 0 spiro atoms. The highest BCUT2D eigenvalue weighted by Crippen LogP contribution is 2.27. The van der Waals surface area contributed by atoms with Crippen molar-refractivity contribution in [2.45, 2.75) is 20.8 Å². The Morgan fingerprint density at radius 2 is 2.03 bits per heavy atom. The van der Waals surface area contributed by atoms with Crippen molar-refractivity contribution in [3.63, 3.8) is 0 Å². The highest BCUT2D eigenvalue weighted by molar-refractivity contribution is 7.11. The Bertz CT molecular complexity index is 1110. The second kappa shape index (κ2) is 9.18. The molecule has 3 aromatic rings. The predicted molar refractivity (Wildman–Crippen MR) is 117 cm³/mol. The molecule has 6 heteroatoms. The lowest BCUT2D eigenvalue weighted by molar-refractivity contribution is 0.0527. The minimum atomic E-state index is -0.409. The van der Waals surface area contributed by atoms with Gasteiger partial charge in [0.2, 0.25) is 0 Å². The molecular formula is C23H21N3O2S. The molecule has 1 aromatic heterocycles. The number of aryl methyl sites for hydroxylation is 2. The van der Waals surface area contributed by atoms with E-state index in [0.717, 1.165) is 11.3 Å². The van der Waals surface area contributed by atoms with Crippen LogP contribution in [0.25, 0.3) is 16.8 Å². The molecule has 0 fully saturated rings. The van der Waals surface area contributed by atoms with Crippen LogP contribution in [0.3, 0.4) is 0 Å². The van der Waals surface area contributed by atoms with E-state index >= 15 is 0 Å². The molecule has 0 saturated heterocycles. The molecule has 1 N–H and O–H groups in total. The number of nitrogens with one attached hydrogen (secondary N) is 1. The average molecular weight is 404 g/mol. The third kappa shape index (κ3) is 4.71. The van der Waals surface area contributed by atoms with E-state index in [1.54, 1.807) is 31.3 Å². The van der Waals surface area contributed by atoms with Crippen LogP contribution in [0.4, 0.5) is 5.69 Å². The van der Waals surface area contributed by atoms with Gasteiger partial charge in [0.1, 0.15) is 16.6 Å². The highest BCUT2D eigenvalue weighted by Gasteiger charge is 2.13. The first-order valence-corrected chi connectivity index (χ1v) is 10.1. The van der Waals surface area contributed by atoms with Gasteiger partial charge in [0.15, 0.2) is 0 Å². The van der Waals surface area contributed by atoms with Crippen molar-refractivity contribution in [2.75, 3.05) is 11.9 Å². The molecule has 0 bridgehead atoms. The number of carbonyl (C=O) groups excluding carboxylic acids is 1. The van der Waals surface area contributed by atoms with Gasteiger partial charge in [-0.3, -0.25) is 0 Å². The van der Waals surface area contributed by atoms with Crippen LogP contribution in [0, 0.1) is 25.2 Å². The fraction of sp³-hybridized carbons (Fsp3) is 0.174. The van der Waals surface area contributed by atoms with Gasteiger partial charge in [-0.15, -0.1) is 11.3 Å². The summed E-state index contributed by atoms with van der Waals surface area (Å²) in [6.07, 6.45) is 1.57. The smallest absolute Gasteiger partial charge is 0.340 e. The monoisotopic (exact) mass is 403 g/mol. The number of esters is 1. The van der Waals surface area contributed by atoms with E-state index in [4.69, 9.17) is 4.74 Å². The Labute approximate surface area is 174 Å². The summed E-state index contributed by atoms with van der Waals surface area (Å²) in [5.74, 6) is -0.409. The Hall–Kier alpha value is -3.43. The van der Waals surface area contributed by atoms with E-state index < -0.39 is 5.97 Å². The van der Waals surface area contributed by atoms with E-state index in [1.165, 1.54) is 22.5 Å². The Morgan fingerprint density at radius 1 is 1.24 bits per heavy atom. The lowest BCUT2D eigenvalue weighted by Gasteiger charge is -2.08. The van der Waals surface area contributed by atoms with Crippen LogP contribution in [0.2, 0.25) is 0 Å². The quantitative estimate of drug-likeness (QED) is 0.429. The molecule has 146 valence electrons. The second-order valence-electron chi connectivity index (χ2n) is 6.42. The standard InChI is InChI=1S/C23H21N3O2S/c1-4-28-23(27)19-7-5-6-8-20(19)25-13-18(12-24)22-26-21(14-29-22)17-10-9-15(2)16(3)11-17/h5-11,13-14,25H,4H2,1-3H3/b18-13-. The van der Waals surface area contributed by atoms with Gasteiger partial charge in [0, 0.05) is 17.1 Å². The second-order valence-corrected chi connectivity index (χ2v) is 7.28. The van der Waals surface area contributed by atoms with Gasteiger partial charge in [-0.05, 0) is 50.1 Å². The van der Waals surface area contributed by atoms with E-state index in [-0.39, 0.29) is 0 Å². The van der Waals surface area contributed by atoms with Crippen LogP contribution in [0.5, 0.6) is 0 Å². The summed E-state index contributed by atoms with van der Waals surface area (Å²) in [4.78, 5) is 16.7. The van der Waals surface area contributed by atoms with Crippen molar-refractivity contribution >= 4 is 28.6 Å². The minimum absolute atomic E-state index is 0.298. The summed E-state index contributed by atoms with van der Waals surface area (Å²) >= 11 is 1.41. The Balaban J connectivity index is 1.85. The van der Waals surface area contributed by atoms with Gasteiger partial charge in [-0.1, -0.05) is 24.3 Å². The van der Waals surface area contributed by atoms with E-state index in [0.29, 0.717) is 28.4 Å². The van der Waals surface area contributed by atoms with Crippen LogP contribution >= 0.6 is 11.3 Å². The van der Waals surface area contributed by atoms with Gasteiger partial charge in [0.25, 0.3) is 0 Å². The summed E-state index contributed by atoms with van der Waals surface area (Å²) in [7, 11) is 0. The van der Waals surface area contributed by atoms with Crippen molar-refractivity contribution in [1.29, 1.82) is 5.26 Å². The number of nitriles is 1. The molecule has 1 heterocycles. The maximum absolute atomic E-state index is 12.1. The molecule has 0 atom stereocenters. The SMILES string of the molecule is CCOC(=O)c1ccccc1N/C=C(/C#N)c1nc(-c2ccc(C)c(C)c2)cs1. The molecule has 0 radical (unpaired) electrons. The lowest BCUT2D eigenvalue weighted by atomic mass is 10.1. The van der Waals surface area contributed by atoms with E-state index in [2.05, 4.69) is 42.4 Å². The van der Waals surface area contributed by atoms with Crippen molar-refractivity contribution in [3.05, 3.63) is 75.7 Å². The van der Waals surface area contributed by atoms with Crippen LogP contribution in [-0.2, 0) is 4.74 Å². The van der Waals surface area contributed by atoms with Crippen molar-refractivity contribution < 1.29 is 9.53 Å². The van der Waals surface area contributed by atoms with Gasteiger partial charge in [0.05, 0.1) is 23.6 Å². The number of rotatable bonds is 6. The zero-order valence-electron chi connectivity index (χ0n) is 16.5. The molecule has 0 amide bonds. The van der Waals surface area contributed by atoms with Crippen LogP contribution in [0.1, 0.15) is 33.4 Å². The fourth-order valence-electron chi connectivity index (χ4n) is 2.72. The number of para-hydroxylation sites is 1. The number of aromatic nitrogens is 1. The number of hydrogen-bond donors (Lipinski definition) is 1. The lowest BCUT2D eigenvalue weighted by Crippen LogP contribution is -2.07. The Kier molecular flexibility index (Phi) is 6.43. The normalized spacial score (nSPS) is 11.0. The fourth-order valence-corrected chi connectivity index (χ4v) is 3.51. The molecular weight excluding hydrogens is 382 g/mol. The summed E-state index contributed by atoms with van der Waals surface area (Å²) in [5.41, 5.74) is 5.66. The first-order valence-electron chi connectivity index (χ1n) is 9.20. The zero-order valence-corrected chi connectivity index (χ0v) is 17.3. The van der Waals surface area contributed by atoms with Crippen LogP contribution < -0.4 is 5.32 Å². The molecule has 0 aliphatic rings. The number of thiazole rings is 1. The van der Waals surface area contributed by atoms with Crippen molar-refractivity contribution in [3.8, 4) is 17.3 Å². The topological polar surface area (TPSA) is 75.0 Å².